The Balaban J connectivity index is 1.66. The Bertz CT molecular complexity index is 1000. The van der Waals surface area contributed by atoms with Gasteiger partial charge in [-0.25, -0.2) is 0 Å². The van der Waals surface area contributed by atoms with Crippen LogP contribution in [0.25, 0.3) is 10.8 Å². The van der Waals surface area contributed by atoms with Crippen LogP contribution >= 0.6 is 0 Å². The molecule has 0 aromatic heterocycles. The Morgan fingerprint density at radius 3 is 2.21 bits per heavy atom. The molecule has 0 radical (unpaired) electrons. The molecule has 1 N–H and O–H groups in total. The third kappa shape index (κ3) is 4.71. The highest BCUT2D eigenvalue weighted by Gasteiger charge is 2.14. The van der Waals surface area contributed by atoms with Crippen molar-refractivity contribution in [3.05, 3.63) is 60.2 Å². The van der Waals surface area contributed by atoms with Crippen LogP contribution in [0.5, 0.6) is 17.2 Å². The smallest absolute Gasteiger partial charge is 0.239 e. The van der Waals surface area contributed by atoms with Crippen molar-refractivity contribution in [2.45, 2.75) is 6.54 Å². The lowest BCUT2D eigenvalue weighted by Crippen LogP contribution is -2.34. The normalized spacial score (nSPS) is 10.5. The van der Waals surface area contributed by atoms with Gasteiger partial charge in [-0.15, -0.1) is 0 Å². The van der Waals surface area contributed by atoms with E-state index < -0.39 is 0 Å². The van der Waals surface area contributed by atoms with E-state index in [4.69, 9.17) is 14.2 Å². The number of nitrogens with one attached hydrogen (secondary N) is 1. The second kappa shape index (κ2) is 9.19. The predicted octanol–water partition coefficient (Wildman–Crippen LogP) is 3.62. The van der Waals surface area contributed by atoms with E-state index in [0.717, 1.165) is 16.6 Å². The van der Waals surface area contributed by atoms with Gasteiger partial charge in [-0.2, -0.15) is 0 Å². The molecule has 6 heteroatoms. The summed E-state index contributed by atoms with van der Waals surface area (Å²) < 4.78 is 16.0. The van der Waals surface area contributed by atoms with Crippen LogP contribution < -0.4 is 24.4 Å². The fourth-order valence-corrected chi connectivity index (χ4v) is 3.20. The third-order valence-corrected chi connectivity index (χ3v) is 4.82. The molecule has 3 aromatic rings. The van der Waals surface area contributed by atoms with E-state index in [1.165, 1.54) is 5.39 Å². The lowest BCUT2D eigenvalue weighted by molar-refractivity contribution is -0.119. The van der Waals surface area contributed by atoms with E-state index in [2.05, 4.69) is 29.6 Å². The number of carbonyl (C=O) groups is 1. The highest BCUT2D eigenvalue weighted by Crippen LogP contribution is 2.34. The molecule has 0 saturated carbocycles. The molecule has 29 heavy (non-hydrogen) atoms. The summed E-state index contributed by atoms with van der Waals surface area (Å²) >= 11 is 0. The predicted molar refractivity (Wildman–Crippen MR) is 115 cm³/mol. The van der Waals surface area contributed by atoms with Gasteiger partial charge in [0.05, 0.1) is 27.9 Å². The van der Waals surface area contributed by atoms with Crippen LogP contribution in [0.15, 0.2) is 54.6 Å². The number of amides is 1. The number of hydrogen-bond donors (Lipinski definition) is 1. The standard InChI is InChI=1S/C23H26N2O4/c1-25(19-10-9-16-7-5-6-8-17(16)11-19)15-23(26)24-14-18-12-21(28-3)22(29-4)13-20(18)27-2/h5-13H,14-15H2,1-4H3,(H,24,26). The molecule has 0 atom stereocenters. The number of hydrogen-bond acceptors (Lipinski definition) is 5. The maximum atomic E-state index is 12.5. The van der Waals surface area contributed by atoms with Gasteiger partial charge in [0.2, 0.25) is 5.91 Å². The fraction of sp³-hybridized carbons (Fsp3) is 0.261. The van der Waals surface area contributed by atoms with E-state index in [1.807, 2.05) is 36.2 Å². The number of carbonyl (C=O) groups excluding carboxylic acids is 1. The van der Waals surface area contributed by atoms with Crippen molar-refractivity contribution in [3.63, 3.8) is 0 Å². The minimum absolute atomic E-state index is 0.0857. The number of fused-ring (bicyclic) bond motifs is 1. The SMILES string of the molecule is COc1cc(OC)c(OC)cc1CNC(=O)CN(C)c1ccc2ccccc2c1. The molecule has 3 rings (SSSR count). The van der Waals surface area contributed by atoms with Crippen molar-refractivity contribution >= 4 is 22.4 Å². The molecular formula is C23H26N2O4. The number of methoxy groups -OCH3 is 3. The van der Waals surface area contributed by atoms with Crippen LogP contribution in [0.4, 0.5) is 5.69 Å². The van der Waals surface area contributed by atoms with Gasteiger partial charge < -0.3 is 24.4 Å². The van der Waals surface area contributed by atoms with Crippen molar-refractivity contribution in [3.8, 4) is 17.2 Å². The van der Waals surface area contributed by atoms with Crippen LogP contribution in [-0.2, 0) is 11.3 Å². The lowest BCUT2D eigenvalue weighted by Gasteiger charge is -2.20. The van der Waals surface area contributed by atoms with Gasteiger partial charge in [0.1, 0.15) is 5.75 Å². The first-order valence-corrected chi connectivity index (χ1v) is 9.31. The molecule has 0 unspecified atom stereocenters. The molecule has 6 nitrogen and oxygen atoms in total. The van der Waals surface area contributed by atoms with Crippen LogP contribution in [0.3, 0.4) is 0 Å². The third-order valence-electron chi connectivity index (χ3n) is 4.82. The zero-order valence-electron chi connectivity index (χ0n) is 17.2. The van der Waals surface area contributed by atoms with Gasteiger partial charge in [0.15, 0.2) is 11.5 Å². The van der Waals surface area contributed by atoms with Crippen LogP contribution in [0, 0.1) is 0 Å². The summed E-state index contributed by atoms with van der Waals surface area (Å²) in [5, 5.41) is 5.26. The number of likely N-dealkylation sites (N-methyl/N-ethyl adjacent to an activating group) is 1. The summed E-state index contributed by atoms with van der Waals surface area (Å²) in [4.78, 5) is 14.4. The molecule has 0 aliphatic rings. The molecule has 0 bridgehead atoms. The number of benzene rings is 3. The molecule has 0 aliphatic heterocycles. The molecule has 0 saturated heterocycles. The van der Waals surface area contributed by atoms with Gasteiger partial charge in [-0.1, -0.05) is 30.3 Å². The fourth-order valence-electron chi connectivity index (χ4n) is 3.20. The van der Waals surface area contributed by atoms with Crippen LogP contribution in [0.1, 0.15) is 5.56 Å². The van der Waals surface area contributed by atoms with E-state index in [-0.39, 0.29) is 12.5 Å². The Morgan fingerprint density at radius 2 is 1.52 bits per heavy atom. The average Bonchev–Trinajstić information content (AvgIpc) is 2.76. The van der Waals surface area contributed by atoms with Crippen molar-refractivity contribution < 1.29 is 19.0 Å². The summed E-state index contributed by atoms with van der Waals surface area (Å²) in [7, 11) is 6.63. The zero-order valence-corrected chi connectivity index (χ0v) is 17.2. The van der Waals surface area contributed by atoms with Crippen molar-refractivity contribution in [1.29, 1.82) is 0 Å². The number of rotatable bonds is 8. The van der Waals surface area contributed by atoms with E-state index >= 15 is 0 Å². The van der Waals surface area contributed by atoms with Gasteiger partial charge in [-0.3, -0.25) is 4.79 Å². The lowest BCUT2D eigenvalue weighted by atomic mass is 10.1. The van der Waals surface area contributed by atoms with E-state index in [1.54, 1.807) is 27.4 Å². The first-order chi connectivity index (χ1) is 14.0. The second-order valence-corrected chi connectivity index (χ2v) is 6.68. The van der Waals surface area contributed by atoms with Crippen molar-refractivity contribution in [2.24, 2.45) is 0 Å². The zero-order chi connectivity index (χ0) is 20.8. The molecule has 0 spiro atoms. The van der Waals surface area contributed by atoms with Gasteiger partial charge in [0, 0.05) is 30.9 Å². The van der Waals surface area contributed by atoms with E-state index in [0.29, 0.717) is 23.8 Å². The first kappa shape index (κ1) is 20.3. The Labute approximate surface area is 171 Å². The van der Waals surface area contributed by atoms with Gasteiger partial charge >= 0.3 is 0 Å². The Morgan fingerprint density at radius 1 is 0.862 bits per heavy atom. The molecule has 0 fully saturated rings. The summed E-state index contributed by atoms with van der Waals surface area (Å²) in [6.07, 6.45) is 0. The van der Waals surface area contributed by atoms with Crippen LogP contribution in [0.2, 0.25) is 0 Å². The van der Waals surface area contributed by atoms with Gasteiger partial charge in [-0.05, 0) is 29.0 Å². The first-order valence-electron chi connectivity index (χ1n) is 9.31. The Kier molecular flexibility index (Phi) is 6.44. The second-order valence-electron chi connectivity index (χ2n) is 6.68. The summed E-state index contributed by atoms with van der Waals surface area (Å²) in [6.45, 7) is 0.571. The molecule has 1 amide bonds. The largest absolute Gasteiger partial charge is 0.496 e. The monoisotopic (exact) mass is 394 g/mol. The molecule has 3 aromatic carbocycles. The average molecular weight is 394 g/mol. The maximum Gasteiger partial charge on any atom is 0.239 e. The van der Waals surface area contributed by atoms with Crippen molar-refractivity contribution in [2.75, 3.05) is 39.8 Å². The van der Waals surface area contributed by atoms with Crippen molar-refractivity contribution in [1.82, 2.24) is 5.32 Å². The minimum atomic E-state index is -0.0857. The van der Waals surface area contributed by atoms with Gasteiger partial charge in [0.25, 0.3) is 0 Å². The Hall–Kier alpha value is -3.41. The highest BCUT2D eigenvalue weighted by atomic mass is 16.5. The highest BCUT2D eigenvalue weighted by molar-refractivity contribution is 5.87. The molecule has 152 valence electrons. The quantitative estimate of drug-likeness (QED) is 0.632. The number of anilines is 1. The summed E-state index contributed by atoms with van der Waals surface area (Å²) in [5.41, 5.74) is 1.80. The molecule has 0 aliphatic carbocycles. The number of nitrogens with zero attached hydrogens (tertiary/aromatic N) is 1. The molecular weight excluding hydrogens is 368 g/mol. The molecule has 0 heterocycles. The maximum absolute atomic E-state index is 12.5. The minimum Gasteiger partial charge on any atom is -0.496 e. The summed E-state index contributed by atoms with van der Waals surface area (Å²) in [5.74, 6) is 1.71. The van der Waals surface area contributed by atoms with E-state index in [9.17, 15) is 4.79 Å². The van der Waals surface area contributed by atoms with Crippen LogP contribution in [-0.4, -0.2) is 40.8 Å². The number of ether oxygens (including phenoxy) is 3. The topological polar surface area (TPSA) is 60.0 Å². The summed E-state index contributed by atoms with van der Waals surface area (Å²) in [6, 6.07) is 17.9.